The second-order valence-electron chi connectivity index (χ2n) is 3.93. The Hall–Kier alpha value is -2.02. The Morgan fingerprint density at radius 1 is 1.15 bits per heavy atom. The highest BCUT2D eigenvalue weighted by molar-refractivity contribution is 7.09. The molecule has 0 spiro atoms. The molecule has 1 heterocycles. The molecule has 106 valence electrons. The van der Waals surface area contributed by atoms with Crippen molar-refractivity contribution in [1.29, 1.82) is 0 Å². The van der Waals surface area contributed by atoms with Gasteiger partial charge in [0, 0.05) is 11.4 Å². The van der Waals surface area contributed by atoms with Gasteiger partial charge in [-0.2, -0.15) is 0 Å². The molecule has 0 unspecified atom stereocenters. The minimum absolute atomic E-state index is 0.359. The normalized spacial score (nSPS) is 10.3. The smallest absolute Gasteiger partial charge is 0.319 e. The topological polar surface area (TPSA) is 41.1 Å². The summed E-state index contributed by atoms with van der Waals surface area (Å²) in [5.41, 5.74) is -0.405. The average Bonchev–Trinajstić information content (AvgIpc) is 2.93. The van der Waals surface area contributed by atoms with E-state index in [1.165, 1.54) is 0 Å². The number of anilines is 1. The lowest BCUT2D eigenvalue weighted by Gasteiger charge is -2.08. The molecular weight excluding hydrogens is 289 g/mol. The number of benzene rings is 1. The van der Waals surface area contributed by atoms with Crippen LogP contribution in [0.2, 0.25) is 0 Å². The average molecular weight is 300 g/mol. The summed E-state index contributed by atoms with van der Waals surface area (Å²) in [4.78, 5) is 12.6. The third kappa shape index (κ3) is 3.51. The molecule has 2 N–H and O–H groups in total. The van der Waals surface area contributed by atoms with Crippen LogP contribution in [-0.4, -0.2) is 12.6 Å². The summed E-state index contributed by atoms with van der Waals surface area (Å²) in [5, 5.41) is 6.56. The van der Waals surface area contributed by atoms with Crippen LogP contribution in [0.15, 0.2) is 29.6 Å². The summed E-state index contributed by atoms with van der Waals surface area (Å²) in [5.74, 6) is -4.33. The quantitative estimate of drug-likeness (QED) is 0.833. The number of hydrogen-bond donors (Lipinski definition) is 2. The fourth-order valence-corrected chi connectivity index (χ4v) is 2.25. The maximum atomic E-state index is 13.3. The molecule has 0 aliphatic rings. The largest absolute Gasteiger partial charge is 0.338 e. The molecule has 1 aromatic heterocycles. The lowest BCUT2D eigenvalue weighted by atomic mass is 10.3. The first-order chi connectivity index (χ1) is 9.58. The van der Waals surface area contributed by atoms with E-state index in [0.29, 0.717) is 13.0 Å². The van der Waals surface area contributed by atoms with E-state index < -0.39 is 29.2 Å². The van der Waals surface area contributed by atoms with Crippen LogP contribution >= 0.6 is 11.3 Å². The Balaban J connectivity index is 1.87. The second kappa shape index (κ2) is 6.42. The maximum Gasteiger partial charge on any atom is 0.319 e. The van der Waals surface area contributed by atoms with Crippen molar-refractivity contribution in [2.45, 2.75) is 6.42 Å². The van der Waals surface area contributed by atoms with E-state index in [1.807, 2.05) is 17.5 Å². The van der Waals surface area contributed by atoms with Crippen LogP contribution < -0.4 is 10.6 Å². The van der Waals surface area contributed by atoms with E-state index in [4.69, 9.17) is 0 Å². The molecule has 0 aliphatic carbocycles. The highest BCUT2D eigenvalue weighted by Gasteiger charge is 2.14. The zero-order valence-electron chi connectivity index (χ0n) is 10.3. The van der Waals surface area contributed by atoms with Crippen LogP contribution in [0, 0.1) is 17.5 Å². The number of nitrogens with one attached hydrogen (secondary N) is 2. The highest BCUT2D eigenvalue weighted by Crippen LogP contribution is 2.19. The molecule has 0 saturated carbocycles. The Morgan fingerprint density at radius 3 is 2.65 bits per heavy atom. The summed E-state index contributed by atoms with van der Waals surface area (Å²) < 4.78 is 39.0. The van der Waals surface area contributed by atoms with Crippen LogP contribution in [0.3, 0.4) is 0 Å². The van der Waals surface area contributed by atoms with Crippen LogP contribution in [-0.2, 0) is 6.42 Å². The second-order valence-corrected chi connectivity index (χ2v) is 4.97. The minimum Gasteiger partial charge on any atom is -0.338 e. The zero-order chi connectivity index (χ0) is 14.5. The summed E-state index contributed by atoms with van der Waals surface area (Å²) in [6.45, 7) is 0.359. The van der Waals surface area contributed by atoms with Crippen molar-refractivity contribution in [2.24, 2.45) is 0 Å². The molecule has 0 fully saturated rings. The lowest BCUT2D eigenvalue weighted by Crippen LogP contribution is -2.30. The predicted molar refractivity (Wildman–Crippen MR) is 71.4 cm³/mol. The highest BCUT2D eigenvalue weighted by atomic mass is 32.1. The number of carbonyl (C=O) groups excluding carboxylic acids is 1. The molecule has 20 heavy (non-hydrogen) atoms. The molecule has 2 amide bonds. The van der Waals surface area contributed by atoms with Crippen molar-refractivity contribution < 1.29 is 18.0 Å². The van der Waals surface area contributed by atoms with E-state index in [9.17, 15) is 18.0 Å². The number of thiophene rings is 1. The van der Waals surface area contributed by atoms with Crippen molar-refractivity contribution in [1.82, 2.24) is 5.32 Å². The van der Waals surface area contributed by atoms with E-state index in [1.54, 1.807) is 11.3 Å². The Morgan fingerprint density at radius 2 is 1.95 bits per heavy atom. The molecule has 0 atom stereocenters. The van der Waals surface area contributed by atoms with E-state index in [2.05, 4.69) is 10.6 Å². The van der Waals surface area contributed by atoms with Gasteiger partial charge in [0.2, 0.25) is 0 Å². The van der Waals surface area contributed by atoms with Gasteiger partial charge in [-0.3, -0.25) is 0 Å². The van der Waals surface area contributed by atoms with Gasteiger partial charge in [-0.25, -0.2) is 18.0 Å². The van der Waals surface area contributed by atoms with Gasteiger partial charge in [0.05, 0.1) is 5.69 Å². The third-order valence-corrected chi connectivity index (χ3v) is 3.46. The monoisotopic (exact) mass is 300 g/mol. The van der Waals surface area contributed by atoms with Gasteiger partial charge < -0.3 is 10.6 Å². The van der Waals surface area contributed by atoms with Gasteiger partial charge in [-0.05, 0) is 30.0 Å². The number of halogens is 3. The van der Waals surface area contributed by atoms with Crippen molar-refractivity contribution in [3.05, 3.63) is 52.0 Å². The van der Waals surface area contributed by atoms with Crippen molar-refractivity contribution in [3.63, 3.8) is 0 Å². The Kier molecular flexibility index (Phi) is 4.62. The number of carbonyl (C=O) groups is 1. The molecule has 2 rings (SSSR count). The lowest BCUT2D eigenvalue weighted by molar-refractivity contribution is 0.252. The van der Waals surface area contributed by atoms with Gasteiger partial charge >= 0.3 is 6.03 Å². The summed E-state index contributed by atoms with van der Waals surface area (Å²) in [6, 6.07) is 4.87. The summed E-state index contributed by atoms with van der Waals surface area (Å²) >= 11 is 1.56. The first kappa shape index (κ1) is 14.4. The SMILES string of the molecule is O=C(NCCc1cccs1)Nc1ccc(F)c(F)c1F. The van der Waals surface area contributed by atoms with Crippen LogP contribution in [0.1, 0.15) is 4.88 Å². The molecule has 2 aromatic rings. The van der Waals surface area contributed by atoms with E-state index in [0.717, 1.165) is 17.0 Å². The van der Waals surface area contributed by atoms with Crippen LogP contribution in [0.4, 0.5) is 23.7 Å². The van der Waals surface area contributed by atoms with Gasteiger partial charge in [-0.1, -0.05) is 6.07 Å². The van der Waals surface area contributed by atoms with Crippen molar-refractivity contribution in [3.8, 4) is 0 Å². The number of urea groups is 1. The Labute approximate surface area is 117 Å². The molecule has 1 aromatic carbocycles. The molecule has 7 heteroatoms. The minimum atomic E-state index is -1.61. The zero-order valence-corrected chi connectivity index (χ0v) is 11.1. The fourth-order valence-electron chi connectivity index (χ4n) is 1.54. The first-order valence-electron chi connectivity index (χ1n) is 5.78. The molecule has 0 saturated heterocycles. The molecule has 0 radical (unpaired) electrons. The first-order valence-corrected chi connectivity index (χ1v) is 6.66. The molecule has 0 aliphatic heterocycles. The van der Waals surface area contributed by atoms with E-state index in [-0.39, 0.29) is 0 Å². The van der Waals surface area contributed by atoms with Crippen molar-refractivity contribution >= 4 is 23.1 Å². The molecular formula is C13H11F3N2OS. The maximum absolute atomic E-state index is 13.3. The summed E-state index contributed by atoms with van der Waals surface area (Å²) in [6.07, 6.45) is 0.644. The third-order valence-electron chi connectivity index (χ3n) is 2.52. The van der Waals surface area contributed by atoms with Gasteiger partial charge in [0.1, 0.15) is 0 Å². The van der Waals surface area contributed by atoms with Gasteiger partial charge in [0.15, 0.2) is 17.5 Å². The number of amides is 2. The number of hydrogen-bond acceptors (Lipinski definition) is 2. The standard InChI is InChI=1S/C13H11F3N2OS/c14-9-3-4-10(12(16)11(9)15)18-13(19)17-6-5-8-2-1-7-20-8/h1-4,7H,5-6H2,(H2,17,18,19). The van der Waals surface area contributed by atoms with Crippen LogP contribution in [0.25, 0.3) is 0 Å². The summed E-state index contributed by atoms with van der Waals surface area (Å²) in [7, 11) is 0. The Bertz CT molecular complexity index is 602. The van der Waals surface area contributed by atoms with Gasteiger partial charge in [0.25, 0.3) is 0 Å². The molecule has 0 bridgehead atoms. The van der Waals surface area contributed by atoms with Crippen LogP contribution in [0.5, 0.6) is 0 Å². The van der Waals surface area contributed by atoms with Crippen molar-refractivity contribution in [2.75, 3.05) is 11.9 Å². The van der Waals surface area contributed by atoms with E-state index >= 15 is 0 Å². The number of rotatable bonds is 4. The fraction of sp³-hybridized carbons (Fsp3) is 0.154. The predicted octanol–water partition coefficient (Wildman–Crippen LogP) is 3.53. The van der Waals surface area contributed by atoms with Gasteiger partial charge in [-0.15, -0.1) is 11.3 Å². The molecule has 3 nitrogen and oxygen atoms in total.